The molecule has 5 nitrogen and oxygen atoms in total. The first-order valence-electron chi connectivity index (χ1n) is 9.62. The Morgan fingerprint density at radius 3 is 2.00 bits per heavy atom. The summed E-state index contributed by atoms with van der Waals surface area (Å²) in [4.78, 5) is 27.0. The zero-order chi connectivity index (χ0) is 19.8. The van der Waals surface area contributed by atoms with Gasteiger partial charge in [-0.15, -0.1) is 0 Å². The number of aryl methyl sites for hydroxylation is 1. The Bertz CT molecular complexity index is 911. The van der Waals surface area contributed by atoms with E-state index in [0.717, 1.165) is 24.0 Å². The van der Waals surface area contributed by atoms with Gasteiger partial charge in [-0.3, -0.25) is 9.59 Å². The van der Waals surface area contributed by atoms with Crippen molar-refractivity contribution in [3.8, 4) is 0 Å². The largest absolute Gasteiger partial charge is 0.329 e. The average molecular weight is 375 g/mol. The van der Waals surface area contributed by atoms with E-state index in [9.17, 15) is 9.59 Å². The molecule has 0 fully saturated rings. The van der Waals surface area contributed by atoms with Gasteiger partial charge in [0.05, 0.1) is 0 Å². The summed E-state index contributed by atoms with van der Waals surface area (Å²) in [7, 11) is 0. The second-order valence-corrected chi connectivity index (χ2v) is 6.77. The number of nitrogens with zero attached hydrogens (tertiary/aromatic N) is 3. The van der Waals surface area contributed by atoms with Crippen LogP contribution in [-0.2, 0) is 19.6 Å². The normalized spacial score (nSPS) is 10.6. The van der Waals surface area contributed by atoms with Gasteiger partial charge in [-0.25, -0.2) is 4.68 Å². The third-order valence-electron chi connectivity index (χ3n) is 4.53. The summed E-state index contributed by atoms with van der Waals surface area (Å²) in [6, 6.07) is 22.7. The lowest BCUT2D eigenvalue weighted by Gasteiger charge is -2.23. The standard InChI is InChI=1S/C23H25N3O2/c1-2-3-16-26-22(27)15-14-21(24-26)23(28)25(17-19-10-6-4-7-11-19)18-20-12-8-5-9-13-20/h4-15H,2-3,16-18H2,1H3. The minimum atomic E-state index is -0.182. The number of benzene rings is 2. The van der Waals surface area contributed by atoms with Crippen molar-refractivity contribution in [1.82, 2.24) is 14.7 Å². The third-order valence-corrected chi connectivity index (χ3v) is 4.53. The van der Waals surface area contributed by atoms with Crippen LogP contribution < -0.4 is 5.56 Å². The summed E-state index contributed by atoms with van der Waals surface area (Å²) in [5, 5.41) is 4.33. The molecule has 3 rings (SSSR count). The Labute approximate surface area is 165 Å². The number of carbonyl (C=O) groups excluding carboxylic acids is 1. The Morgan fingerprint density at radius 1 is 0.893 bits per heavy atom. The van der Waals surface area contributed by atoms with Gasteiger partial charge < -0.3 is 4.90 Å². The highest BCUT2D eigenvalue weighted by molar-refractivity contribution is 5.92. The van der Waals surface area contributed by atoms with Crippen molar-refractivity contribution in [3.05, 3.63) is 100.0 Å². The van der Waals surface area contributed by atoms with Gasteiger partial charge in [0.15, 0.2) is 0 Å². The van der Waals surface area contributed by atoms with Crippen LogP contribution in [0.2, 0.25) is 0 Å². The molecule has 0 aliphatic rings. The minimum absolute atomic E-state index is 0.178. The maximum Gasteiger partial charge on any atom is 0.274 e. The van der Waals surface area contributed by atoms with Gasteiger partial charge in [-0.1, -0.05) is 74.0 Å². The van der Waals surface area contributed by atoms with Crippen molar-refractivity contribution in [2.24, 2.45) is 0 Å². The van der Waals surface area contributed by atoms with Gasteiger partial charge in [-0.05, 0) is 23.6 Å². The van der Waals surface area contributed by atoms with E-state index in [2.05, 4.69) is 12.0 Å². The molecular formula is C23H25N3O2. The van der Waals surface area contributed by atoms with Crippen LogP contribution in [0.1, 0.15) is 41.4 Å². The maximum absolute atomic E-state index is 13.2. The van der Waals surface area contributed by atoms with Gasteiger partial charge in [-0.2, -0.15) is 5.10 Å². The Kier molecular flexibility index (Phi) is 6.73. The molecule has 0 N–H and O–H groups in total. The molecule has 1 heterocycles. The van der Waals surface area contributed by atoms with Gasteiger partial charge in [0.1, 0.15) is 5.69 Å². The predicted octanol–water partition coefficient (Wildman–Crippen LogP) is 3.89. The van der Waals surface area contributed by atoms with Crippen LogP contribution in [-0.4, -0.2) is 20.6 Å². The first-order chi connectivity index (χ1) is 13.7. The SMILES string of the molecule is CCCCn1nc(C(=O)N(Cc2ccccc2)Cc2ccccc2)ccc1=O. The van der Waals surface area contributed by atoms with E-state index in [1.54, 1.807) is 4.90 Å². The van der Waals surface area contributed by atoms with Crippen molar-refractivity contribution in [2.75, 3.05) is 0 Å². The summed E-state index contributed by atoms with van der Waals surface area (Å²) in [5.74, 6) is -0.182. The van der Waals surface area contributed by atoms with Crippen molar-refractivity contribution in [1.29, 1.82) is 0 Å². The molecule has 0 radical (unpaired) electrons. The molecule has 0 spiro atoms. The van der Waals surface area contributed by atoms with Crippen LogP contribution >= 0.6 is 0 Å². The minimum Gasteiger partial charge on any atom is -0.329 e. The molecule has 5 heteroatoms. The number of hydrogen-bond acceptors (Lipinski definition) is 3. The molecule has 0 atom stereocenters. The molecular weight excluding hydrogens is 350 g/mol. The Hall–Kier alpha value is -3.21. The molecule has 0 aliphatic heterocycles. The van der Waals surface area contributed by atoms with Crippen molar-refractivity contribution in [2.45, 2.75) is 39.4 Å². The first kappa shape index (κ1) is 19.5. The van der Waals surface area contributed by atoms with Gasteiger partial charge in [0.2, 0.25) is 0 Å². The van der Waals surface area contributed by atoms with Gasteiger partial charge >= 0.3 is 0 Å². The second kappa shape index (κ2) is 9.65. The molecule has 1 amide bonds. The lowest BCUT2D eigenvalue weighted by Crippen LogP contribution is -2.33. The molecule has 0 bridgehead atoms. The summed E-state index contributed by atoms with van der Waals surface area (Å²) in [6.45, 7) is 3.53. The smallest absolute Gasteiger partial charge is 0.274 e. The number of hydrogen-bond donors (Lipinski definition) is 0. The van der Waals surface area contributed by atoms with Gasteiger partial charge in [0.25, 0.3) is 11.5 Å². The molecule has 28 heavy (non-hydrogen) atoms. The Balaban J connectivity index is 1.88. The van der Waals surface area contributed by atoms with Crippen LogP contribution in [0.5, 0.6) is 0 Å². The van der Waals surface area contributed by atoms with E-state index < -0.39 is 0 Å². The van der Waals surface area contributed by atoms with Crippen molar-refractivity contribution in [3.63, 3.8) is 0 Å². The predicted molar refractivity (Wildman–Crippen MR) is 110 cm³/mol. The average Bonchev–Trinajstić information content (AvgIpc) is 2.74. The monoisotopic (exact) mass is 375 g/mol. The number of aromatic nitrogens is 2. The van der Waals surface area contributed by atoms with Crippen molar-refractivity contribution >= 4 is 5.91 Å². The molecule has 0 saturated heterocycles. The van der Waals surface area contributed by atoms with E-state index in [1.807, 2.05) is 60.7 Å². The maximum atomic E-state index is 13.2. The summed E-state index contributed by atoms with van der Waals surface area (Å²) >= 11 is 0. The van der Waals surface area contributed by atoms with Crippen LogP contribution in [0.15, 0.2) is 77.6 Å². The highest BCUT2D eigenvalue weighted by atomic mass is 16.2. The fraction of sp³-hybridized carbons (Fsp3) is 0.261. The van der Waals surface area contributed by atoms with E-state index >= 15 is 0 Å². The molecule has 1 aromatic heterocycles. The highest BCUT2D eigenvalue weighted by Crippen LogP contribution is 2.13. The number of unbranched alkanes of at least 4 members (excludes halogenated alkanes) is 1. The second-order valence-electron chi connectivity index (χ2n) is 6.77. The van der Waals surface area contributed by atoms with E-state index in [0.29, 0.717) is 25.3 Å². The zero-order valence-electron chi connectivity index (χ0n) is 16.1. The van der Waals surface area contributed by atoms with E-state index in [1.165, 1.54) is 16.8 Å². The zero-order valence-corrected chi connectivity index (χ0v) is 16.1. The molecule has 2 aromatic carbocycles. The lowest BCUT2D eigenvalue weighted by molar-refractivity contribution is 0.0721. The van der Waals surface area contributed by atoms with Crippen LogP contribution in [0.4, 0.5) is 0 Å². The third kappa shape index (κ3) is 5.16. The molecule has 144 valence electrons. The van der Waals surface area contributed by atoms with Crippen molar-refractivity contribution < 1.29 is 4.79 Å². The number of rotatable bonds is 8. The number of amides is 1. The van der Waals surface area contributed by atoms with Crippen LogP contribution in [0, 0.1) is 0 Å². The summed E-state index contributed by atoms with van der Waals surface area (Å²) < 4.78 is 1.39. The summed E-state index contributed by atoms with van der Waals surface area (Å²) in [6.07, 6.45) is 1.81. The topological polar surface area (TPSA) is 55.2 Å². The highest BCUT2D eigenvalue weighted by Gasteiger charge is 2.19. The fourth-order valence-corrected chi connectivity index (χ4v) is 3.00. The lowest BCUT2D eigenvalue weighted by atomic mass is 10.1. The van der Waals surface area contributed by atoms with E-state index in [4.69, 9.17) is 0 Å². The molecule has 3 aromatic rings. The summed E-state index contributed by atoms with van der Waals surface area (Å²) in [5.41, 5.74) is 2.21. The quantitative estimate of drug-likeness (QED) is 0.600. The number of carbonyl (C=O) groups is 1. The van der Waals surface area contributed by atoms with Gasteiger partial charge in [0, 0.05) is 25.7 Å². The first-order valence-corrected chi connectivity index (χ1v) is 9.62. The Morgan fingerprint density at radius 2 is 1.46 bits per heavy atom. The molecule has 0 aliphatic carbocycles. The van der Waals surface area contributed by atoms with Crippen LogP contribution in [0.3, 0.4) is 0 Å². The van der Waals surface area contributed by atoms with Crippen LogP contribution in [0.25, 0.3) is 0 Å². The van der Waals surface area contributed by atoms with E-state index in [-0.39, 0.29) is 11.5 Å². The molecule has 0 saturated carbocycles. The fourth-order valence-electron chi connectivity index (χ4n) is 3.00. The molecule has 0 unspecified atom stereocenters.